The van der Waals surface area contributed by atoms with Crippen LogP contribution in [0.15, 0.2) is 6.33 Å². The van der Waals surface area contributed by atoms with E-state index in [-0.39, 0.29) is 23.6 Å². The monoisotopic (exact) mass is 392 g/mol. The van der Waals surface area contributed by atoms with Crippen molar-refractivity contribution in [3.63, 3.8) is 0 Å². The Labute approximate surface area is 166 Å². The number of likely N-dealkylation sites (N-methyl/N-ethyl adjacent to an activating group) is 1. The molecule has 0 N–H and O–H groups in total. The molecule has 2 fully saturated rings. The van der Waals surface area contributed by atoms with E-state index in [4.69, 9.17) is 4.74 Å². The van der Waals surface area contributed by atoms with E-state index in [0.717, 1.165) is 32.5 Å². The predicted molar refractivity (Wildman–Crippen MR) is 104 cm³/mol. The Hall–Kier alpha value is -2.00. The predicted octanol–water partition coefficient (Wildman–Crippen LogP) is 0.0940. The van der Waals surface area contributed by atoms with Crippen molar-refractivity contribution >= 4 is 11.9 Å². The maximum Gasteiger partial charge on any atom is 0.313 e. The van der Waals surface area contributed by atoms with Crippen molar-refractivity contribution in [3.8, 4) is 0 Å². The van der Waals surface area contributed by atoms with Crippen molar-refractivity contribution in [2.45, 2.75) is 19.8 Å². The number of rotatable bonds is 6. The SMILES string of the molecule is CCOC(=O)[C@]12CCCN(C(=O)c3ncn(C)n3)C[C@H]1CN(CCN(C)C)C2. The van der Waals surface area contributed by atoms with E-state index in [9.17, 15) is 9.59 Å². The second-order valence-corrected chi connectivity index (χ2v) is 8.21. The summed E-state index contributed by atoms with van der Waals surface area (Å²) in [6.45, 7) is 6.72. The number of fused-ring (bicyclic) bond motifs is 1. The molecule has 9 nitrogen and oxygen atoms in total. The number of ether oxygens (including phenoxy) is 1. The second kappa shape index (κ2) is 8.57. The molecule has 2 atom stereocenters. The molecule has 0 radical (unpaired) electrons. The smallest absolute Gasteiger partial charge is 0.313 e. The zero-order valence-electron chi connectivity index (χ0n) is 17.4. The number of amides is 1. The van der Waals surface area contributed by atoms with Gasteiger partial charge in [0.15, 0.2) is 0 Å². The van der Waals surface area contributed by atoms with Crippen LogP contribution in [0, 0.1) is 11.3 Å². The maximum absolute atomic E-state index is 13.0. The van der Waals surface area contributed by atoms with Gasteiger partial charge in [0.25, 0.3) is 5.91 Å². The van der Waals surface area contributed by atoms with E-state index in [1.807, 2.05) is 11.8 Å². The lowest BCUT2D eigenvalue weighted by atomic mass is 9.75. The van der Waals surface area contributed by atoms with E-state index < -0.39 is 5.41 Å². The number of carbonyl (C=O) groups is 2. The molecule has 28 heavy (non-hydrogen) atoms. The molecule has 0 bridgehead atoms. The Morgan fingerprint density at radius 1 is 1.36 bits per heavy atom. The number of hydrogen-bond acceptors (Lipinski definition) is 7. The first-order chi connectivity index (χ1) is 13.4. The minimum atomic E-state index is -0.533. The summed E-state index contributed by atoms with van der Waals surface area (Å²) in [5.41, 5.74) is -0.533. The summed E-state index contributed by atoms with van der Waals surface area (Å²) < 4.78 is 7.03. The third kappa shape index (κ3) is 4.20. The molecule has 1 amide bonds. The summed E-state index contributed by atoms with van der Waals surface area (Å²) in [7, 11) is 5.85. The third-order valence-electron chi connectivity index (χ3n) is 5.88. The highest BCUT2D eigenvalue weighted by molar-refractivity contribution is 5.90. The van der Waals surface area contributed by atoms with Gasteiger partial charge in [-0.3, -0.25) is 14.3 Å². The van der Waals surface area contributed by atoms with E-state index in [0.29, 0.717) is 26.2 Å². The fraction of sp³-hybridized carbons (Fsp3) is 0.789. The van der Waals surface area contributed by atoms with Crippen molar-refractivity contribution in [2.75, 3.05) is 60.0 Å². The Balaban J connectivity index is 1.79. The first-order valence-corrected chi connectivity index (χ1v) is 10.0. The van der Waals surface area contributed by atoms with E-state index in [1.165, 1.54) is 11.0 Å². The molecule has 9 heteroatoms. The Morgan fingerprint density at radius 3 is 2.79 bits per heavy atom. The normalized spacial score (nSPS) is 25.6. The average Bonchev–Trinajstić information content (AvgIpc) is 3.18. The fourth-order valence-corrected chi connectivity index (χ4v) is 4.42. The van der Waals surface area contributed by atoms with Gasteiger partial charge >= 0.3 is 5.97 Å². The Bertz CT molecular complexity index is 706. The number of nitrogens with zero attached hydrogens (tertiary/aromatic N) is 6. The van der Waals surface area contributed by atoms with Crippen molar-refractivity contribution in [3.05, 3.63) is 12.2 Å². The summed E-state index contributed by atoms with van der Waals surface area (Å²) in [5, 5.41) is 4.15. The van der Waals surface area contributed by atoms with Crippen LogP contribution in [0.5, 0.6) is 0 Å². The molecule has 0 unspecified atom stereocenters. The van der Waals surface area contributed by atoms with Gasteiger partial charge in [-0.05, 0) is 33.9 Å². The van der Waals surface area contributed by atoms with Gasteiger partial charge in [0.2, 0.25) is 5.82 Å². The highest BCUT2D eigenvalue weighted by atomic mass is 16.5. The number of aromatic nitrogens is 3. The Kier molecular flexibility index (Phi) is 6.34. The summed E-state index contributed by atoms with van der Waals surface area (Å²) in [4.78, 5) is 36.3. The molecule has 0 aromatic carbocycles. The van der Waals surface area contributed by atoms with Crippen LogP contribution in [0.25, 0.3) is 0 Å². The lowest BCUT2D eigenvalue weighted by Crippen LogP contribution is -2.43. The molecule has 1 aromatic rings. The van der Waals surface area contributed by atoms with Crippen LogP contribution in [0.4, 0.5) is 0 Å². The Morgan fingerprint density at radius 2 is 2.14 bits per heavy atom. The number of hydrogen-bond donors (Lipinski definition) is 0. The number of esters is 1. The van der Waals surface area contributed by atoms with Gasteiger partial charge < -0.3 is 19.4 Å². The standard InChI is InChI=1S/C19H32N6O3/c1-5-28-18(27)19-7-6-8-25(17(26)16-20-14-23(4)21-16)12-15(19)11-24(13-19)10-9-22(2)3/h14-15H,5-13H2,1-4H3/t15-,19+/m1/s1. The minimum absolute atomic E-state index is 0.0591. The molecule has 1 aromatic heterocycles. The highest BCUT2D eigenvalue weighted by Gasteiger charge is 2.54. The molecular formula is C19H32N6O3. The van der Waals surface area contributed by atoms with E-state index in [2.05, 4.69) is 34.0 Å². The van der Waals surface area contributed by atoms with Crippen LogP contribution in [0.3, 0.4) is 0 Å². The van der Waals surface area contributed by atoms with Crippen molar-refractivity contribution < 1.29 is 14.3 Å². The van der Waals surface area contributed by atoms with Gasteiger partial charge in [-0.1, -0.05) is 0 Å². The fourth-order valence-electron chi connectivity index (χ4n) is 4.42. The molecule has 3 rings (SSSR count). The largest absolute Gasteiger partial charge is 0.466 e. The van der Waals surface area contributed by atoms with E-state index >= 15 is 0 Å². The molecule has 3 heterocycles. The third-order valence-corrected chi connectivity index (χ3v) is 5.88. The zero-order chi connectivity index (χ0) is 20.3. The van der Waals surface area contributed by atoms with Crippen molar-refractivity contribution in [1.29, 1.82) is 0 Å². The molecule has 0 aliphatic carbocycles. The summed E-state index contributed by atoms with van der Waals surface area (Å²) in [5.74, 6) is 0.00193. The average molecular weight is 393 g/mol. The quantitative estimate of drug-likeness (QED) is 0.635. The molecule has 156 valence electrons. The molecule has 2 aliphatic heterocycles. The number of likely N-dealkylation sites (tertiary alicyclic amines) is 2. The van der Waals surface area contributed by atoms with Crippen molar-refractivity contribution in [2.24, 2.45) is 18.4 Å². The zero-order valence-corrected chi connectivity index (χ0v) is 17.4. The van der Waals surface area contributed by atoms with Crippen LogP contribution in [0.2, 0.25) is 0 Å². The molecule has 0 spiro atoms. The van der Waals surface area contributed by atoms with Gasteiger partial charge in [0.05, 0.1) is 12.0 Å². The van der Waals surface area contributed by atoms with E-state index in [1.54, 1.807) is 7.05 Å². The van der Waals surface area contributed by atoms with Gasteiger partial charge in [0, 0.05) is 52.2 Å². The lowest BCUT2D eigenvalue weighted by molar-refractivity contribution is -0.157. The first kappa shape index (κ1) is 20.7. The lowest BCUT2D eigenvalue weighted by Gasteiger charge is -2.31. The number of aryl methyl sites for hydroxylation is 1. The minimum Gasteiger partial charge on any atom is -0.466 e. The van der Waals surface area contributed by atoms with Crippen molar-refractivity contribution in [1.82, 2.24) is 29.5 Å². The summed E-state index contributed by atoms with van der Waals surface area (Å²) in [6, 6.07) is 0. The van der Waals surface area contributed by atoms with Crippen LogP contribution >= 0.6 is 0 Å². The first-order valence-electron chi connectivity index (χ1n) is 10.0. The molecule has 0 saturated carbocycles. The molecule has 2 aliphatic rings. The van der Waals surface area contributed by atoms with Gasteiger partial charge in [0.1, 0.15) is 6.33 Å². The number of carbonyl (C=O) groups excluding carboxylic acids is 2. The van der Waals surface area contributed by atoms with Gasteiger partial charge in [-0.15, -0.1) is 5.10 Å². The molecule has 2 saturated heterocycles. The van der Waals surface area contributed by atoms with Crippen LogP contribution in [-0.2, 0) is 16.6 Å². The van der Waals surface area contributed by atoms with Crippen LogP contribution in [-0.4, -0.2) is 101 Å². The summed E-state index contributed by atoms with van der Waals surface area (Å²) in [6.07, 6.45) is 3.05. The van der Waals surface area contributed by atoms with Gasteiger partial charge in [-0.25, -0.2) is 4.98 Å². The van der Waals surface area contributed by atoms with Crippen LogP contribution < -0.4 is 0 Å². The summed E-state index contributed by atoms with van der Waals surface area (Å²) >= 11 is 0. The van der Waals surface area contributed by atoms with Gasteiger partial charge in [-0.2, -0.15) is 0 Å². The maximum atomic E-state index is 13.0. The molecular weight excluding hydrogens is 360 g/mol. The topological polar surface area (TPSA) is 83.8 Å². The highest BCUT2D eigenvalue weighted by Crippen LogP contribution is 2.43. The second-order valence-electron chi connectivity index (χ2n) is 8.21. The van der Waals surface area contributed by atoms with Crippen LogP contribution in [0.1, 0.15) is 30.4 Å².